The fourth-order valence-corrected chi connectivity index (χ4v) is 5.03. The largest absolute Gasteiger partial charge is 0.444 e. The van der Waals surface area contributed by atoms with Gasteiger partial charge in [-0.3, -0.25) is 0 Å². The Morgan fingerprint density at radius 3 is 2.22 bits per heavy atom. The maximum Gasteiger partial charge on any atom is 0.410 e. The van der Waals surface area contributed by atoms with Crippen molar-refractivity contribution < 1.29 is 9.53 Å². The van der Waals surface area contributed by atoms with Gasteiger partial charge in [0.25, 0.3) is 0 Å². The first kappa shape index (κ1) is 16.9. The van der Waals surface area contributed by atoms with E-state index in [0.29, 0.717) is 16.7 Å². The molecule has 0 aromatic heterocycles. The van der Waals surface area contributed by atoms with Crippen LogP contribution in [0.3, 0.4) is 0 Å². The van der Waals surface area contributed by atoms with Crippen LogP contribution >= 0.6 is 0 Å². The van der Waals surface area contributed by atoms with E-state index in [4.69, 9.17) is 4.74 Å². The molecule has 0 aromatic rings. The monoisotopic (exact) mass is 319 g/mol. The summed E-state index contributed by atoms with van der Waals surface area (Å²) in [4.78, 5) is 14.1. The first-order valence-electron chi connectivity index (χ1n) is 9.25. The van der Waals surface area contributed by atoms with Crippen LogP contribution in [0, 0.1) is 22.7 Å². The average Bonchev–Trinajstić information content (AvgIpc) is 2.78. The van der Waals surface area contributed by atoms with E-state index < -0.39 is 5.60 Å². The molecule has 3 rings (SSSR count). The molecule has 3 heteroatoms. The Morgan fingerprint density at radius 2 is 1.78 bits per heavy atom. The number of allylic oxidation sites excluding steroid dienone is 2. The minimum atomic E-state index is -0.404. The third-order valence-electron chi connectivity index (χ3n) is 6.91. The van der Waals surface area contributed by atoms with Gasteiger partial charge in [-0.15, -0.1) is 0 Å². The molecule has 2 fully saturated rings. The van der Waals surface area contributed by atoms with E-state index in [9.17, 15) is 4.79 Å². The Labute approximate surface area is 141 Å². The molecule has 2 aliphatic carbocycles. The summed E-state index contributed by atoms with van der Waals surface area (Å²) in [5.41, 5.74) is 2.07. The van der Waals surface area contributed by atoms with Crippen molar-refractivity contribution >= 4 is 6.09 Å². The average molecular weight is 319 g/mol. The van der Waals surface area contributed by atoms with E-state index in [1.807, 2.05) is 25.7 Å². The summed E-state index contributed by atoms with van der Waals surface area (Å²) in [7, 11) is 0. The van der Waals surface area contributed by atoms with Crippen molar-refractivity contribution in [1.82, 2.24) is 4.90 Å². The van der Waals surface area contributed by atoms with E-state index in [1.165, 1.54) is 12.8 Å². The predicted octanol–water partition coefficient (Wildman–Crippen LogP) is 5.02. The summed E-state index contributed by atoms with van der Waals surface area (Å²) in [6.07, 6.45) is 7.31. The summed E-state index contributed by atoms with van der Waals surface area (Å²) < 4.78 is 5.51. The number of hydrogen-bond donors (Lipinski definition) is 0. The molecular weight excluding hydrogens is 286 g/mol. The highest BCUT2D eigenvalue weighted by atomic mass is 16.6. The molecule has 1 amide bonds. The zero-order chi connectivity index (χ0) is 17.0. The number of nitrogens with zero attached hydrogens (tertiary/aromatic N) is 1. The zero-order valence-corrected chi connectivity index (χ0v) is 15.7. The van der Waals surface area contributed by atoms with E-state index in [-0.39, 0.29) is 6.09 Å². The van der Waals surface area contributed by atoms with Gasteiger partial charge >= 0.3 is 6.09 Å². The molecule has 2 atom stereocenters. The fraction of sp³-hybridized carbons (Fsp3) is 0.850. The van der Waals surface area contributed by atoms with Crippen LogP contribution in [0.1, 0.15) is 67.2 Å². The number of carbonyl (C=O) groups excluding carboxylic acids is 1. The maximum absolute atomic E-state index is 12.2. The number of piperidine rings is 1. The second kappa shape index (κ2) is 5.26. The lowest BCUT2D eigenvalue weighted by Gasteiger charge is -2.42. The molecule has 0 unspecified atom stereocenters. The number of amides is 1. The Balaban J connectivity index is 1.63. The lowest BCUT2D eigenvalue weighted by molar-refractivity contribution is 0.0184. The van der Waals surface area contributed by atoms with Crippen LogP contribution in [0.2, 0.25) is 0 Å². The lowest BCUT2D eigenvalue weighted by Crippen LogP contribution is -2.43. The second-order valence-electron chi connectivity index (χ2n) is 9.56. The quantitative estimate of drug-likeness (QED) is 0.635. The standard InChI is InChI=1S/C20H33NO2/c1-18(2,3)23-17(22)21-11-8-14(9-12-21)16-13-15-7-10-20(16,6)19(15,4)5/h13-15H,7-12H2,1-6H3/t15-,20+/m0/s1. The van der Waals surface area contributed by atoms with Crippen LogP contribution in [-0.2, 0) is 4.74 Å². The molecular formula is C20H33NO2. The molecule has 0 aromatic carbocycles. The molecule has 0 N–H and O–H groups in total. The normalized spacial score (nSPS) is 33.7. The van der Waals surface area contributed by atoms with E-state index in [0.717, 1.165) is 31.8 Å². The lowest BCUT2D eigenvalue weighted by atomic mass is 9.64. The summed E-state index contributed by atoms with van der Waals surface area (Å²) >= 11 is 0. The molecule has 1 aliphatic heterocycles. The first-order chi connectivity index (χ1) is 10.5. The first-order valence-corrected chi connectivity index (χ1v) is 9.25. The van der Waals surface area contributed by atoms with Crippen molar-refractivity contribution in [1.29, 1.82) is 0 Å². The molecule has 0 spiro atoms. The fourth-order valence-electron chi connectivity index (χ4n) is 5.03. The highest BCUT2D eigenvalue weighted by Crippen LogP contribution is 2.67. The van der Waals surface area contributed by atoms with Crippen LogP contribution < -0.4 is 0 Å². The molecule has 1 saturated carbocycles. The van der Waals surface area contributed by atoms with Crippen molar-refractivity contribution in [2.45, 2.75) is 72.8 Å². The smallest absolute Gasteiger partial charge is 0.410 e. The third kappa shape index (κ3) is 2.70. The molecule has 3 aliphatic rings. The van der Waals surface area contributed by atoms with Gasteiger partial charge in [0, 0.05) is 13.1 Å². The van der Waals surface area contributed by atoms with Gasteiger partial charge in [0.15, 0.2) is 0 Å². The highest BCUT2D eigenvalue weighted by Gasteiger charge is 2.58. The van der Waals surface area contributed by atoms with Gasteiger partial charge < -0.3 is 9.64 Å². The van der Waals surface area contributed by atoms with E-state index >= 15 is 0 Å². The Kier molecular flexibility index (Phi) is 3.85. The van der Waals surface area contributed by atoms with Crippen LogP contribution in [0.4, 0.5) is 4.79 Å². The Bertz CT molecular complexity index is 520. The summed E-state index contributed by atoms with van der Waals surface area (Å²) in [5, 5.41) is 0. The summed E-state index contributed by atoms with van der Waals surface area (Å²) in [5.74, 6) is 1.41. The van der Waals surface area contributed by atoms with Crippen LogP contribution in [0.15, 0.2) is 11.6 Å². The van der Waals surface area contributed by atoms with Crippen molar-refractivity contribution in [3.05, 3.63) is 11.6 Å². The van der Waals surface area contributed by atoms with Crippen LogP contribution in [-0.4, -0.2) is 29.7 Å². The SMILES string of the molecule is CC(C)(C)OC(=O)N1CCC(C2=C[C@@H]3CC[C@@]2(C)C3(C)C)CC1. The topological polar surface area (TPSA) is 29.5 Å². The Hall–Kier alpha value is -0.990. The Morgan fingerprint density at radius 1 is 1.17 bits per heavy atom. The van der Waals surface area contributed by atoms with Crippen molar-refractivity contribution in [3.63, 3.8) is 0 Å². The number of likely N-dealkylation sites (tertiary alicyclic amines) is 1. The van der Waals surface area contributed by atoms with Crippen molar-refractivity contribution in [2.24, 2.45) is 22.7 Å². The van der Waals surface area contributed by atoms with E-state index in [2.05, 4.69) is 26.8 Å². The molecule has 130 valence electrons. The van der Waals surface area contributed by atoms with Crippen LogP contribution in [0.5, 0.6) is 0 Å². The molecule has 1 saturated heterocycles. The minimum absolute atomic E-state index is 0.149. The zero-order valence-electron chi connectivity index (χ0n) is 15.7. The number of ether oxygens (including phenoxy) is 1. The van der Waals surface area contributed by atoms with Gasteiger partial charge in [0.2, 0.25) is 0 Å². The van der Waals surface area contributed by atoms with Gasteiger partial charge in [0.05, 0.1) is 0 Å². The molecule has 3 nitrogen and oxygen atoms in total. The third-order valence-corrected chi connectivity index (χ3v) is 6.91. The van der Waals surface area contributed by atoms with Crippen molar-refractivity contribution in [3.8, 4) is 0 Å². The summed E-state index contributed by atoms with van der Waals surface area (Å²) in [6, 6.07) is 0. The van der Waals surface area contributed by atoms with Gasteiger partial charge in [-0.05, 0) is 69.1 Å². The van der Waals surface area contributed by atoms with Gasteiger partial charge in [-0.2, -0.15) is 0 Å². The number of rotatable bonds is 1. The molecule has 0 radical (unpaired) electrons. The summed E-state index contributed by atoms with van der Waals surface area (Å²) in [6.45, 7) is 14.8. The molecule has 1 heterocycles. The van der Waals surface area contributed by atoms with Crippen LogP contribution in [0.25, 0.3) is 0 Å². The number of carbonyl (C=O) groups is 1. The second-order valence-corrected chi connectivity index (χ2v) is 9.56. The highest BCUT2D eigenvalue weighted by molar-refractivity contribution is 5.68. The van der Waals surface area contributed by atoms with Crippen molar-refractivity contribution in [2.75, 3.05) is 13.1 Å². The van der Waals surface area contributed by atoms with Gasteiger partial charge in [-0.1, -0.05) is 32.4 Å². The number of fused-ring (bicyclic) bond motifs is 2. The van der Waals surface area contributed by atoms with Gasteiger partial charge in [-0.25, -0.2) is 4.79 Å². The minimum Gasteiger partial charge on any atom is -0.444 e. The molecule has 2 bridgehead atoms. The maximum atomic E-state index is 12.2. The predicted molar refractivity (Wildman–Crippen MR) is 93.2 cm³/mol. The number of hydrogen-bond acceptors (Lipinski definition) is 2. The van der Waals surface area contributed by atoms with Gasteiger partial charge in [0.1, 0.15) is 5.60 Å². The van der Waals surface area contributed by atoms with E-state index in [1.54, 1.807) is 5.57 Å². The molecule has 23 heavy (non-hydrogen) atoms.